The number of hydrogen-bond acceptors (Lipinski definition) is 4. The topological polar surface area (TPSA) is 49.9 Å². The van der Waals surface area contributed by atoms with Gasteiger partial charge in [0.15, 0.2) is 6.10 Å². The molecule has 2 amide bonds. The number of carbonyl (C=O) groups is 2. The van der Waals surface area contributed by atoms with Crippen molar-refractivity contribution in [3.8, 4) is 0 Å². The van der Waals surface area contributed by atoms with Crippen molar-refractivity contribution in [2.75, 3.05) is 9.96 Å². The zero-order chi connectivity index (χ0) is 23.5. The molecule has 2 aliphatic rings. The van der Waals surface area contributed by atoms with E-state index in [0.29, 0.717) is 5.69 Å². The molecule has 2 saturated heterocycles. The Kier molecular flexibility index (Phi) is 5.18. The maximum absolute atomic E-state index is 14.1. The molecular weight excluding hydrogens is 480 g/mol. The number of imide groups is 1. The Morgan fingerprint density at radius 3 is 2.12 bits per heavy atom. The van der Waals surface area contributed by atoms with E-state index in [-0.39, 0.29) is 11.8 Å². The minimum absolute atomic E-state index is 0.237. The first-order valence-corrected chi connectivity index (χ1v) is 11.8. The van der Waals surface area contributed by atoms with Crippen LogP contribution in [-0.4, -0.2) is 17.9 Å². The fourth-order valence-corrected chi connectivity index (χ4v) is 5.57. The highest BCUT2D eigenvalue weighted by atomic mass is 79.9. The largest absolute Gasteiger partial charge is 0.273 e. The fourth-order valence-electron chi connectivity index (χ4n) is 5.31. The van der Waals surface area contributed by atoms with Crippen LogP contribution in [0.3, 0.4) is 0 Å². The number of halogens is 1. The summed E-state index contributed by atoms with van der Waals surface area (Å²) in [5.74, 6) is -0.558. The van der Waals surface area contributed by atoms with Crippen molar-refractivity contribution in [3.63, 3.8) is 0 Å². The zero-order valence-corrected chi connectivity index (χ0v) is 20.6. The lowest BCUT2D eigenvalue weighted by Crippen LogP contribution is -2.41. The number of nitrogens with zero attached hydrogens (tertiary/aromatic N) is 2. The number of para-hydroxylation sites is 1. The van der Waals surface area contributed by atoms with Gasteiger partial charge in [0.05, 0.1) is 17.4 Å². The van der Waals surface area contributed by atoms with Crippen molar-refractivity contribution >= 4 is 39.1 Å². The number of carbonyl (C=O) groups excluding carboxylic acids is 2. The summed E-state index contributed by atoms with van der Waals surface area (Å²) in [5, 5.41) is 1.73. The van der Waals surface area contributed by atoms with Crippen molar-refractivity contribution < 1.29 is 14.4 Å². The molecule has 0 spiro atoms. The lowest BCUT2D eigenvalue weighted by atomic mass is 9.76. The Morgan fingerprint density at radius 2 is 1.52 bits per heavy atom. The molecule has 0 aliphatic carbocycles. The number of benzene rings is 3. The van der Waals surface area contributed by atoms with Crippen LogP contribution in [0.25, 0.3) is 0 Å². The van der Waals surface area contributed by atoms with Crippen LogP contribution in [-0.2, 0) is 14.4 Å². The molecule has 5 rings (SSSR count). The second-order valence-corrected chi connectivity index (χ2v) is 10.0. The minimum Gasteiger partial charge on any atom is -0.273 e. The van der Waals surface area contributed by atoms with Gasteiger partial charge >= 0.3 is 0 Å². The second kappa shape index (κ2) is 7.82. The van der Waals surface area contributed by atoms with Crippen LogP contribution in [0.15, 0.2) is 71.2 Å². The number of hydrogen-bond donors (Lipinski definition) is 0. The van der Waals surface area contributed by atoms with Gasteiger partial charge in [0.25, 0.3) is 5.91 Å². The molecule has 3 aromatic rings. The van der Waals surface area contributed by atoms with Gasteiger partial charge < -0.3 is 0 Å². The molecule has 2 fully saturated rings. The number of anilines is 2. The summed E-state index contributed by atoms with van der Waals surface area (Å²) in [7, 11) is 0. The standard InChI is InChI=1S/C27H25BrN2O3/c1-16-14-17(2)22(18(3)15-16)29-25(31)24-27(4,26(29)32)23(19-10-12-20(28)13-11-19)30(33-24)21-8-6-5-7-9-21/h5-15,23-24H,1-4H3. The van der Waals surface area contributed by atoms with Gasteiger partial charge in [-0.2, -0.15) is 0 Å². The highest BCUT2D eigenvalue weighted by Gasteiger charge is 2.68. The molecule has 3 atom stereocenters. The summed E-state index contributed by atoms with van der Waals surface area (Å²) in [5.41, 5.74) is 4.18. The van der Waals surface area contributed by atoms with Crippen LogP contribution >= 0.6 is 15.9 Å². The third-order valence-corrected chi connectivity index (χ3v) is 7.26. The highest BCUT2D eigenvalue weighted by Crippen LogP contribution is 2.56. The van der Waals surface area contributed by atoms with Crippen LogP contribution in [0, 0.1) is 26.2 Å². The minimum atomic E-state index is -1.09. The number of aryl methyl sites for hydroxylation is 3. The van der Waals surface area contributed by atoms with E-state index in [4.69, 9.17) is 4.84 Å². The molecule has 2 heterocycles. The predicted molar refractivity (Wildman–Crippen MR) is 132 cm³/mol. The lowest BCUT2D eigenvalue weighted by Gasteiger charge is -2.33. The van der Waals surface area contributed by atoms with E-state index in [9.17, 15) is 9.59 Å². The van der Waals surface area contributed by atoms with Gasteiger partial charge in [-0.05, 0) is 68.7 Å². The molecule has 2 aliphatic heterocycles. The molecule has 0 aromatic heterocycles. The lowest BCUT2D eigenvalue weighted by molar-refractivity contribution is -0.128. The molecule has 3 aromatic carbocycles. The number of hydroxylamine groups is 1. The number of amides is 2. The number of rotatable bonds is 3. The average molecular weight is 505 g/mol. The van der Waals surface area contributed by atoms with E-state index in [1.807, 2.05) is 94.4 Å². The van der Waals surface area contributed by atoms with Crippen molar-refractivity contribution in [3.05, 3.63) is 93.5 Å². The van der Waals surface area contributed by atoms with Crippen molar-refractivity contribution in [1.82, 2.24) is 0 Å². The molecule has 0 saturated carbocycles. The average Bonchev–Trinajstić information content (AvgIpc) is 3.19. The molecule has 5 nitrogen and oxygen atoms in total. The Hall–Kier alpha value is -2.96. The Labute approximate surface area is 202 Å². The van der Waals surface area contributed by atoms with Gasteiger partial charge in [-0.25, -0.2) is 9.96 Å². The zero-order valence-electron chi connectivity index (χ0n) is 19.0. The van der Waals surface area contributed by atoms with Crippen molar-refractivity contribution in [1.29, 1.82) is 0 Å². The molecule has 168 valence electrons. The normalized spacial score (nSPS) is 24.5. The highest BCUT2D eigenvalue weighted by molar-refractivity contribution is 9.10. The van der Waals surface area contributed by atoms with Crippen molar-refractivity contribution in [2.24, 2.45) is 5.41 Å². The maximum Gasteiger partial charge on any atom is 0.266 e. The van der Waals surface area contributed by atoms with Crippen LogP contribution in [0.4, 0.5) is 11.4 Å². The summed E-state index contributed by atoms with van der Waals surface area (Å²) in [6.45, 7) is 7.75. The third kappa shape index (κ3) is 3.23. The molecule has 0 N–H and O–H groups in total. The quantitative estimate of drug-likeness (QED) is 0.422. The first kappa shape index (κ1) is 21.9. The maximum atomic E-state index is 14.1. The van der Waals surface area contributed by atoms with Gasteiger partial charge in [0.2, 0.25) is 5.91 Å². The smallest absolute Gasteiger partial charge is 0.266 e. The second-order valence-electron chi connectivity index (χ2n) is 9.11. The molecular formula is C27H25BrN2O3. The van der Waals surface area contributed by atoms with E-state index >= 15 is 0 Å². The summed E-state index contributed by atoms with van der Waals surface area (Å²) >= 11 is 3.49. The van der Waals surface area contributed by atoms with Gasteiger partial charge in [-0.3, -0.25) is 14.4 Å². The monoisotopic (exact) mass is 504 g/mol. The van der Waals surface area contributed by atoms with Crippen molar-refractivity contribution in [2.45, 2.75) is 39.8 Å². The summed E-state index contributed by atoms with van der Waals surface area (Å²) in [6, 6.07) is 21.0. The van der Waals surface area contributed by atoms with Gasteiger partial charge in [0.1, 0.15) is 5.41 Å². The van der Waals surface area contributed by atoms with Gasteiger partial charge in [0, 0.05) is 4.47 Å². The fraction of sp³-hybridized carbons (Fsp3) is 0.259. The summed E-state index contributed by atoms with van der Waals surface area (Å²) in [4.78, 5) is 35.5. The first-order chi connectivity index (χ1) is 15.7. The molecule has 0 bridgehead atoms. The van der Waals surface area contributed by atoms with E-state index in [1.54, 1.807) is 5.06 Å². The van der Waals surface area contributed by atoms with E-state index in [2.05, 4.69) is 15.9 Å². The van der Waals surface area contributed by atoms with Crippen LogP contribution in [0.2, 0.25) is 0 Å². The molecule has 33 heavy (non-hydrogen) atoms. The molecule has 0 radical (unpaired) electrons. The van der Waals surface area contributed by atoms with Gasteiger partial charge in [-0.1, -0.05) is 64.0 Å². The SMILES string of the molecule is Cc1cc(C)c(N2C(=O)C3ON(c4ccccc4)C(c4ccc(Br)cc4)C3(C)C2=O)c(C)c1. The Balaban J connectivity index is 1.66. The van der Waals surface area contributed by atoms with Crippen LogP contribution < -0.4 is 9.96 Å². The third-order valence-electron chi connectivity index (χ3n) is 6.73. The van der Waals surface area contributed by atoms with Crippen LogP contribution in [0.5, 0.6) is 0 Å². The number of fused-ring (bicyclic) bond motifs is 1. The predicted octanol–water partition coefficient (Wildman–Crippen LogP) is 5.82. The Morgan fingerprint density at radius 1 is 0.909 bits per heavy atom. The summed E-state index contributed by atoms with van der Waals surface area (Å²) < 4.78 is 0.944. The van der Waals surface area contributed by atoms with E-state index < -0.39 is 17.6 Å². The molecule has 3 unspecified atom stereocenters. The first-order valence-electron chi connectivity index (χ1n) is 11.0. The van der Waals surface area contributed by atoms with E-state index in [0.717, 1.165) is 32.4 Å². The molecule has 6 heteroatoms. The van der Waals surface area contributed by atoms with Crippen LogP contribution in [0.1, 0.15) is 35.2 Å². The Bertz CT molecular complexity index is 1240. The van der Waals surface area contributed by atoms with E-state index in [1.165, 1.54) is 4.90 Å². The summed E-state index contributed by atoms with van der Waals surface area (Å²) in [6.07, 6.45) is -0.918. The van der Waals surface area contributed by atoms with Gasteiger partial charge in [-0.15, -0.1) is 0 Å².